The molecule has 0 aliphatic rings. The maximum absolute atomic E-state index is 12.5. The molecule has 0 N–H and O–H groups in total. The van der Waals surface area contributed by atoms with E-state index >= 15 is 0 Å². The molecule has 10 nitrogen and oxygen atoms in total. The van der Waals surface area contributed by atoms with Crippen LogP contribution >= 0.6 is 0 Å². The average molecular weight is 422 g/mol. The van der Waals surface area contributed by atoms with Crippen LogP contribution in [0.4, 0.5) is 0 Å². The van der Waals surface area contributed by atoms with Gasteiger partial charge in [0.1, 0.15) is 11.5 Å². The first-order chi connectivity index (χ1) is 15.1. The number of aromatic nitrogens is 4. The molecular weight excluding hydrogens is 404 g/mol. The standard InChI is InChI=1S/C21H18N4O6/c1-27-14-8-4-12(5-9-14)17-22-19(30-24-17)16(21(26)29-3)20-23-18(25-31-20)13-6-10-15(28-2)11-7-13/h4-11,16H,1-3H3. The average Bonchev–Trinajstić information content (AvgIpc) is 3.50. The Kier molecular flexibility index (Phi) is 5.61. The van der Waals surface area contributed by atoms with Gasteiger partial charge in [-0.2, -0.15) is 9.97 Å². The molecular formula is C21H18N4O6. The van der Waals surface area contributed by atoms with Crippen molar-refractivity contribution in [2.24, 2.45) is 0 Å². The van der Waals surface area contributed by atoms with E-state index in [1.807, 2.05) is 0 Å². The highest BCUT2D eigenvalue weighted by Crippen LogP contribution is 2.28. The van der Waals surface area contributed by atoms with Crippen LogP contribution in [0, 0.1) is 0 Å². The first-order valence-corrected chi connectivity index (χ1v) is 9.17. The fourth-order valence-electron chi connectivity index (χ4n) is 2.84. The summed E-state index contributed by atoms with van der Waals surface area (Å²) in [6.45, 7) is 0. The van der Waals surface area contributed by atoms with Crippen molar-refractivity contribution >= 4 is 5.97 Å². The molecule has 31 heavy (non-hydrogen) atoms. The molecule has 4 rings (SSSR count). The molecule has 0 unspecified atom stereocenters. The fourth-order valence-corrected chi connectivity index (χ4v) is 2.84. The van der Waals surface area contributed by atoms with Gasteiger partial charge in [0, 0.05) is 11.1 Å². The predicted molar refractivity (Wildman–Crippen MR) is 106 cm³/mol. The zero-order valence-corrected chi connectivity index (χ0v) is 16.9. The minimum atomic E-state index is -1.16. The molecule has 0 saturated heterocycles. The van der Waals surface area contributed by atoms with Crippen molar-refractivity contribution in [3.8, 4) is 34.3 Å². The second-order valence-electron chi connectivity index (χ2n) is 6.33. The van der Waals surface area contributed by atoms with Gasteiger partial charge in [-0.25, -0.2) is 0 Å². The number of benzene rings is 2. The summed E-state index contributed by atoms with van der Waals surface area (Å²) in [5.74, 6) is 0.0839. The van der Waals surface area contributed by atoms with Crippen molar-refractivity contribution in [2.75, 3.05) is 21.3 Å². The Balaban J connectivity index is 1.64. The summed E-state index contributed by atoms with van der Waals surface area (Å²) in [5.41, 5.74) is 1.37. The minimum Gasteiger partial charge on any atom is -0.497 e. The van der Waals surface area contributed by atoms with E-state index in [-0.39, 0.29) is 11.8 Å². The van der Waals surface area contributed by atoms with Gasteiger partial charge in [0.25, 0.3) is 11.8 Å². The lowest BCUT2D eigenvalue weighted by Crippen LogP contribution is -2.16. The molecule has 2 aromatic carbocycles. The van der Waals surface area contributed by atoms with E-state index in [0.29, 0.717) is 34.3 Å². The number of nitrogens with zero attached hydrogens (tertiary/aromatic N) is 4. The van der Waals surface area contributed by atoms with Crippen LogP contribution in [0.2, 0.25) is 0 Å². The number of methoxy groups -OCH3 is 3. The molecule has 0 amide bonds. The molecule has 158 valence electrons. The molecule has 0 aliphatic heterocycles. The van der Waals surface area contributed by atoms with Crippen LogP contribution in [0.5, 0.6) is 11.5 Å². The molecule has 0 saturated carbocycles. The Morgan fingerprint density at radius 2 is 1.16 bits per heavy atom. The lowest BCUT2D eigenvalue weighted by molar-refractivity contribution is -0.142. The Hall–Kier alpha value is -4.21. The second kappa shape index (κ2) is 8.66. The van der Waals surface area contributed by atoms with Crippen molar-refractivity contribution in [1.82, 2.24) is 20.3 Å². The van der Waals surface area contributed by atoms with Crippen LogP contribution in [0.1, 0.15) is 17.7 Å². The summed E-state index contributed by atoms with van der Waals surface area (Å²) in [6.07, 6.45) is 0. The fraction of sp³-hybridized carbons (Fsp3) is 0.190. The molecule has 2 aromatic heterocycles. The van der Waals surface area contributed by atoms with Crippen molar-refractivity contribution < 1.29 is 28.1 Å². The number of carbonyl (C=O) groups excluding carboxylic acids is 1. The maximum Gasteiger partial charge on any atom is 0.327 e. The summed E-state index contributed by atoms with van der Waals surface area (Å²) in [4.78, 5) is 21.1. The minimum absolute atomic E-state index is 0.0254. The van der Waals surface area contributed by atoms with Crippen LogP contribution in [0.25, 0.3) is 22.8 Å². The molecule has 4 aromatic rings. The zero-order valence-electron chi connectivity index (χ0n) is 16.9. The summed E-state index contributed by atoms with van der Waals surface area (Å²) in [7, 11) is 4.40. The molecule has 0 fully saturated rings. The second-order valence-corrected chi connectivity index (χ2v) is 6.33. The number of ether oxygens (including phenoxy) is 3. The van der Waals surface area contributed by atoms with Gasteiger partial charge in [-0.3, -0.25) is 4.79 Å². The first-order valence-electron chi connectivity index (χ1n) is 9.17. The summed E-state index contributed by atoms with van der Waals surface area (Å²) in [5, 5.41) is 7.90. The Bertz CT molecular complexity index is 1080. The van der Waals surface area contributed by atoms with E-state index in [2.05, 4.69) is 20.3 Å². The van der Waals surface area contributed by atoms with Crippen LogP contribution in [-0.4, -0.2) is 47.6 Å². The zero-order chi connectivity index (χ0) is 21.8. The highest BCUT2D eigenvalue weighted by molar-refractivity contribution is 5.79. The molecule has 0 aliphatic carbocycles. The van der Waals surface area contributed by atoms with E-state index in [1.54, 1.807) is 62.8 Å². The van der Waals surface area contributed by atoms with Gasteiger partial charge in [0.05, 0.1) is 21.3 Å². The van der Waals surface area contributed by atoms with E-state index in [0.717, 1.165) is 0 Å². The van der Waals surface area contributed by atoms with Crippen molar-refractivity contribution in [3.63, 3.8) is 0 Å². The van der Waals surface area contributed by atoms with Gasteiger partial charge in [-0.1, -0.05) is 10.3 Å². The summed E-state index contributed by atoms with van der Waals surface area (Å²) >= 11 is 0. The number of hydrogen-bond donors (Lipinski definition) is 0. The monoisotopic (exact) mass is 422 g/mol. The molecule has 0 radical (unpaired) electrons. The summed E-state index contributed by atoms with van der Waals surface area (Å²) in [6, 6.07) is 14.2. The summed E-state index contributed by atoms with van der Waals surface area (Å²) < 4.78 is 25.8. The Morgan fingerprint density at radius 1 is 0.742 bits per heavy atom. The number of carbonyl (C=O) groups is 1. The lowest BCUT2D eigenvalue weighted by Gasteiger charge is -2.05. The molecule has 2 heterocycles. The van der Waals surface area contributed by atoms with Gasteiger partial charge in [0.15, 0.2) is 0 Å². The topological polar surface area (TPSA) is 123 Å². The largest absolute Gasteiger partial charge is 0.497 e. The van der Waals surface area contributed by atoms with Crippen LogP contribution in [0.3, 0.4) is 0 Å². The lowest BCUT2D eigenvalue weighted by atomic mass is 10.1. The maximum atomic E-state index is 12.5. The highest BCUT2D eigenvalue weighted by atomic mass is 16.5. The molecule has 10 heteroatoms. The quantitative estimate of drug-likeness (QED) is 0.410. The van der Waals surface area contributed by atoms with Crippen LogP contribution < -0.4 is 9.47 Å². The number of hydrogen-bond acceptors (Lipinski definition) is 10. The van der Waals surface area contributed by atoms with Crippen molar-refractivity contribution in [3.05, 3.63) is 60.3 Å². The van der Waals surface area contributed by atoms with Gasteiger partial charge in [0.2, 0.25) is 17.6 Å². The van der Waals surface area contributed by atoms with Crippen molar-refractivity contribution in [1.29, 1.82) is 0 Å². The smallest absolute Gasteiger partial charge is 0.327 e. The third kappa shape index (κ3) is 4.08. The van der Waals surface area contributed by atoms with E-state index < -0.39 is 11.9 Å². The van der Waals surface area contributed by atoms with Crippen LogP contribution in [-0.2, 0) is 9.53 Å². The highest BCUT2D eigenvalue weighted by Gasteiger charge is 2.35. The molecule has 0 bridgehead atoms. The normalized spacial score (nSPS) is 10.8. The van der Waals surface area contributed by atoms with Crippen LogP contribution in [0.15, 0.2) is 57.6 Å². The Morgan fingerprint density at radius 3 is 1.52 bits per heavy atom. The molecule has 0 atom stereocenters. The number of rotatable bonds is 7. The predicted octanol–water partition coefficient (Wildman–Crippen LogP) is 3.11. The van der Waals surface area contributed by atoms with Gasteiger partial charge in [-0.05, 0) is 48.5 Å². The van der Waals surface area contributed by atoms with E-state index in [1.165, 1.54) is 7.11 Å². The third-order valence-electron chi connectivity index (χ3n) is 4.51. The van der Waals surface area contributed by atoms with Gasteiger partial charge >= 0.3 is 5.97 Å². The van der Waals surface area contributed by atoms with Gasteiger partial charge < -0.3 is 23.3 Å². The van der Waals surface area contributed by atoms with E-state index in [4.69, 9.17) is 23.3 Å². The van der Waals surface area contributed by atoms with Crippen molar-refractivity contribution in [2.45, 2.75) is 5.92 Å². The van der Waals surface area contributed by atoms with E-state index in [9.17, 15) is 4.79 Å². The molecule has 0 spiro atoms. The van der Waals surface area contributed by atoms with Gasteiger partial charge in [-0.15, -0.1) is 0 Å². The Labute approximate surface area is 176 Å². The number of esters is 1. The first kappa shape index (κ1) is 20.1. The SMILES string of the molecule is COC(=O)C(c1nc(-c2ccc(OC)cc2)no1)c1nc(-c2ccc(OC)cc2)no1. The third-order valence-corrected chi connectivity index (χ3v) is 4.51.